The fourth-order valence-corrected chi connectivity index (χ4v) is 2.54. The van der Waals surface area contributed by atoms with E-state index in [2.05, 4.69) is 15.5 Å². The Morgan fingerprint density at radius 2 is 1.68 bits per heavy atom. The second-order valence-corrected chi connectivity index (χ2v) is 5.70. The largest absolute Gasteiger partial charge is 0.493 e. The number of aromatic nitrogens is 2. The van der Waals surface area contributed by atoms with Crippen LogP contribution in [0.25, 0.3) is 11.5 Å². The summed E-state index contributed by atoms with van der Waals surface area (Å²) in [6.07, 6.45) is 0. The van der Waals surface area contributed by atoms with Crippen LogP contribution in [-0.2, 0) is 0 Å². The number of ether oxygens (including phenoxy) is 2. The fraction of sp³-hybridized carbons (Fsp3) is 0.263. The average Bonchev–Trinajstić information content (AvgIpc) is 3.14. The van der Waals surface area contributed by atoms with Crippen LogP contribution in [-0.4, -0.2) is 24.4 Å². The van der Waals surface area contributed by atoms with Gasteiger partial charge in [0.25, 0.3) is 0 Å². The minimum atomic E-state index is -0.151. The Balaban J connectivity index is 1.81. The van der Waals surface area contributed by atoms with E-state index in [9.17, 15) is 0 Å². The van der Waals surface area contributed by atoms with E-state index >= 15 is 0 Å². The lowest BCUT2D eigenvalue weighted by molar-refractivity contribution is 0.355. The predicted molar refractivity (Wildman–Crippen MR) is 96.1 cm³/mol. The number of rotatable bonds is 6. The minimum Gasteiger partial charge on any atom is -0.493 e. The maximum Gasteiger partial charge on any atom is 0.247 e. The van der Waals surface area contributed by atoms with Crippen LogP contribution in [0.15, 0.2) is 46.9 Å². The molecule has 0 aliphatic heterocycles. The van der Waals surface area contributed by atoms with Crippen LogP contribution in [0.1, 0.15) is 24.4 Å². The first kappa shape index (κ1) is 16.8. The SMILES string of the molecule is COc1cc(C)c(N[C@H](C)c2nnc(-c3ccccc3)o2)cc1OC. The van der Waals surface area contributed by atoms with Crippen LogP contribution in [0.4, 0.5) is 5.69 Å². The number of hydrogen-bond donors (Lipinski definition) is 1. The van der Waals surface area contributed by atoms with Gasteiger partial charge >= 0.3 is 0 Å². The van der Waals surface area contributed by atoms with E-state index < -0.39 is 0 Å². The second-order valence-electron chi connectivity index (χ2n) is 5.70. The first-order valence-corrected chi connectivity index (χ1v) is 8.00. The van der Waals surface area contributed by atoms with Gasteiger partial charge in [-0.15, -0.1) is 10.2 Å². The molecule has 0 fully saturated rings. The van der Waals surface area contributed by atoms with Crippen molar-refractivity contribution in [3.05, 3.63) is 53.9 Å². The van der Waals surface area contributed by atoms with Crippen LogP contribution in [0.5, 0.6) is 11.5 Å². The van der Waals surface area contributed by atoms with Crippen molar-refractivity contribution in [2.24, 2.45) is 0 Å². The fourth-order valence-electron chi connectivity index (χ4n) is 2.54. The molecule has 0 aliphatic rings. The van der Waals surface area contributed by atoms with Gasteiger partial charge in [-0.25, -0.2) is 0 Å². The molecule has 0 radical (unpaired) electrons. The zero-order valence-electron chi connectivity index (χ0n) is 14.7. The number of nitrogens with zero attached hydrogens (tertiary/aromatic N) is 2. The maximum atomic E-state index is 5.80. The van der Waals surface area contributed by atoms with E-state index in [-0.39, 0.29) is 6.04 Å². The molecule has 2 aromatic carbocycles. The molecule has 1 heterocycles. The third-order valence-electron chi connectivity index (χ3n) is 3.93. The highest BCUT2D eigenvalue weighted by Gasteiger charge is 2.17. The van der Waals surface area contributed by atoms with E-state index in [4.69, 9.17) is 13.9 Å². The summed E-state index contributed by atoms with van der Waals surface area (Å²) in [7, 11) is 3.24. The summed E-state index contributed by atoms with van der Waals surface area (Å²) in [5.74, 6) is 2.39. The zero-order valence-corrected chi connectivity index (χ0v) is 14.7. The number of hydrogen-bond acceptors (Lipinski definition) is 6. The maximum absolute atomic E-state index is 5.80. The lowest BCUT2D eigenvalue weighted by Gasteiger charge is -2.16. The molecule has 25 heavy (non-hydrogen) atoms. The van der Waals surface area contributed by atoms with Gasteiger partial charge in [-0.2, -0.15) is 0 Å². The number of methoxy groups -OCH3 is 2. The normalized spacial score (nSPS) is 11.8. The summed E-state index contributed by atoms with van der Waals surface area (Å²) in [5, 5.41) is 11.7. The van der Waals surface area contributed by atoms with Crippen LogP contribution in [0, 0.1) is 6.92 Å². The van der Waals surface area contributed by atoms with Gasteiger partial charge in [0.1, 0.15) is 6.04 Å². The molecule has 0 bridgehead atoms. The van der Waals surface area contributed by atoms with Crippen LogP contribution >= 0.6 is 0 Å². The minimum absolute atomic E-state index is 0.151. The summed E-state index contributed by atoms with van der Waals surface area (Å²) in [4.78, 5) is 0. The topological polar surface area (TPSA) is 69.4 Å². The first-order valence-electron chi connectivity index (χ1n) is 8.00. The van der Waals surface area contributed by atoms with E-state index in [0.29, 0.717) is 23.3 Å². The molecule has 3 rings (SSSR count). The smallest absolute Gasteiger partial charge is 0.247 e. The third-order valence-corrected chi connectivity index (χ3v) is 3.93. The van der Waals surface area contributed by atoms with Gasteiger partial charge in [0.2, 0.25) is 11.8 Å². The number of anilines is 1. The quantitative estimate of drug-likeness (QED) is 0.724. The van der Waals surface area contributed by atoms with E-state index in [1.807, 2.05) is 56.3 Å². The predicted octanol–water partition coefficient (Wildman–Crippen LogP) is 4.24. The van der Waals surface area contributed by atoms with E-state index in [0.717, 1.165) is 16.8 Å². The highest BCUT2D eigenvalue weighted by atomic mass is 16.5. The highest BCUT2D eigenvalue weighted by Crippen LogP contribution is 2.34. The molecule has 0 saturated heterocycles. The lowest BCUT2D eigenvalue weighted by Crippen LogP contribution is -2.08. The van der Waals surface area contributed by atoms with Crippen molar-refractivity contribution in [3.8, 4) is 23.0 Å². The van der Waals surface area contributed by atoms with Gasteiger partial charge in [-0.3, -0.25) is 0 Å². The summed E-state index contributed by atoms with van der Waals surface area (Å²) >= 11 is 0. The summed E-state index contributed by atoms with van der Waals surface area (Å²) in [6, 6.07) is 13.4. The zero-order chi connectivity index (χ0) is 17.8. The second kappa shape index (κ2) is 7.25. The molecule has 6 nitrogen and oxygen atoms in total. The van der Waals surface area contributed by atoms with Gasteiger partial charge in [0.15, 0.2) is 11.5 Å². The standard InChI is InChI=1S/C19H21N3O3/c1-12-10-16(23-3)17(24-4)11-15(12)20-13(2)18-21-22-19(25-18)14-8-6-5-7-9-14/h5-11,13,20H,1-4H3/t13-/m1/s1. The summed E-state index contributed by atoms with van der Waals surface area (Å²) in [6.45, 7) is 3.97. The Morgan fingerprint density at radius 3 is 2.36 bits per heavy atom. The molecule has 0 unspecified atom stereocenters. The Hall–Kier alpha value is -3.02. The first-order chi connectivity index (χ1) is 12.1. The Morgan fingerprint density at radius 1 is 1.00 bits per heavy atom. The van der Waals surface area contributed by atoms with E-state index in [1.165, 1.54) is 0 Å². The van der Waals surface area contributed by atoms with Gasteiger partial charge < -0.3 is 19.2 Å². The molecular weight excluding hydrogens is 318 g/mol. The molecule has 3 aromatic rings. The Labute approximate surface area is 146 Å². The molecule has 1 aromatic heterocycles. The Kier molecular flexibility index (Phi) is 4.88. The van der Waals surface area contributed by atoms with Crippen molar-refractivity contribution < 1.29 is 13.9 Å². The molecule has 6 heteroatoms. The van der Waals surface area contributed by atoms with Crippen molar-refractivity contribution >= 4 is 5.69 Å². The molecular formula is C19H21N3O3. The lowest BCUT2D eigenvalue weighted by atomic mass is 10.1. The van der Waals surface area contributed by atoms with Gasteiger partial charge in [-0.1, -0.05) is 18.2 Å². The van der Waals surface area contributed by atoms with Crippen molar-refractivity contribution in [3.63, 3.8) is 0 Å². The van der Waals surface area contributed by atoms with Crippen LogP contribution in [0.2, 0.25) is 0 Å². The average molecular weight is 339 g/mol. The number of benzene rings is 2. The van der Waals surface area contributed by atoms with E-state index in [1.54, 1.807) is 14.2 Å². The van der Waals surface area contributed by atoms with Crippen molar-refractivity contribution in [1.29, 1.82) is 0 Å². The van der Waals surface area contributed by atoms with Gasteiger partial charge in [-0.05, 0) is 37.6 Å². The Bertz CT molecular complexity index is 846. The molecule has 1 N–H and O–H groups in total. The van der Waals surface area contributed by atoms with Crippen LogP contribution < -0.4 is 14.8 Å². The molecule has 0 spiro atoms. The molecule has 0 saturated carbocycles. The highest BCUT2D eigenvalue weighted by molar-refractivity contribution is 5.60. The number of aryl methyl sites for hydroxylation is 1. The summed E-state index contributed by atoms with van der Waals surface area (Å²) in [5.41, 5.74) is 2.85. The number of nitrogens with one attached hydrogen (secondary N) is 1. The molecule has 1 atom stereocenters. The van der Waals surface area contributed by atoms with Gasteiger partial charge in [0.05, 0.1) is 14.2 Å². The third kappa shape index (κ3) is 3.57. The molecule has 0 amide bonds. The van der Waals surface area contributed by atoms with Crippen molar-refractivity contribution in [1.82, 2.24) is 10.2 Å². The molecule has 130 valence electrons. The molecule has 0 aliphatic carbocycles. The van der Waals surface area contributed by atoms with Gasteiger partial charge in [0, 0.05) is 17.3 Å². The monoisotopic (exact) mass is 339 g/mol. The van der Waals surface area contributed by atoms with Crippen molar-refractivity contribution in [2.45, 2.75) is 19.9 Å². The van der Waals surface area contributed by atoms with Crippen LogP contribution in [0.3, 0.4) is 0 Å². The summed E-state index contributed by atoms with van der Waals surface area (Å²) < 4.78 is 16.5. The van der Waals surface area contributed by atoms with Crippen molar-refractivity contribution in [2.75, 3.05) is 19.5 Å².